The Bertz CT molecular complexity index is 899. The molecule has 1 atom stereocenters. The Balaban J connectivity index is 2.23. The second-order valence-electron chi connectivity index (χ2n) is 5.79. The Kier molecular flexibility index (Phi) is 6.13. The summed E-state index contributed by atoms with van der Waals surface area (Å²) in [5, 5.41) is 6.73. The van der Waals surface area contributed by atoms with Crippen LogP contribution in [0.2, 0.25) is 0 Å². The highest BCUT2D eigenvalue weighted by molar-refractivity contribution is 9.10. The summed E-state index contributed by atoms with van der Waals surface area (Å²) in [5.41, 5.74) is 2.72. The topological polar surface area (TPSA) is 59.6 Å². The number of hydrogen-bond acceptors (Lipinski definition) is 4. The molecule has 0 bridgehead atoms. The van der Waals surface area contributed by atoms with Crippen LogP contribution in [0.5, 0.6) is 5.75 Å². The summed E-state index contributed by atoms with van der Waals surface area (Å²) in [6.45, 7) is 2.06. The normalized spacial score (nSPS) is 16.4. The van der Waals surface area contributed by atoms with Gasteiger partial charge >= 0.3 is 5.97 Å². The van der Waals surface area contributed by atoms with E-state index in [9.17, 15) is 4.79 Å². The maximum Gasteiger partial charge on any atom is 0.338 e. The van der Waals surface area contributed by atoms with Gasteiger partial charge in [0.25, 0.3) is 0 Å². The maximum absolute atomic E-state index is 12.9. The zero-order valence-electron chi connectivity index (χ0n) is 14.9. The third kappa shape index (κ3) is 4.14. The molecule has 27 heavy (non-hydrogen) atoms. The fourth-order valence-electron chi connectivity index (χ4n) is 2.99. The molecule has 0 unspecified atom stereocenters. The van der Waals surface area contributed by atoms with Crippen LogP contribution in [-0.2, 0) is 9.53 Å². The minimum absolute atomic E-state index is 0.275. The van der Waals surface area contributed by atoms with Crippen LogP contribution in [0.4, 0.5) is 0 Å². The standard InChI is InChI=1S/C20H19BrN2O3S/c1-3-26-19(24)16-17(12-7-5-4-6-8-12)22-20(27)23-18(16)14-11-13(21)9-10-15(14)25-2/h4-11,18H,3H2,1-2H3,(H2,22,23,27)/t18-/m0/s1. The van der Waals surface area contributed by atoms with Crippen LogP contribution in [0.25, 0.3) is 5.70 Å². The van der Waals surface area contributed by atoms with E-state index in [1.165, 1.54) is 0 Å². The molecule has 0 spiro atoms. The lowest BCUT2D eigenvalue weighted by atomic mass is 9.92. The third-order valence-corrected chi connectivity index (χ3v) is 4.85. The van der Waals surface area contributed by atoms with Gasteiger partial charge in [0.2, 0.25) is 0 Å². The van der Waals surface area contributed by atoms with Crippen molar-refractivity contribution in [3.05, 3.63) is 69.7 Å². The van der Waals surface area contributed by atoms with Crippen molar-refractivity contribution >= 4 is 44.9 Å². The molecule has 0 aromatic heterocycles. The van der Waals surface area contributed by atoms with E-state index in [-0.39, 0.29) is 6.61 Å². The molecule has 1 heterocycles. The van der Waals surface area contributed by atoms with Gasteiger partial charge in [-0.05, 0) is 42.9 Å². The van der Waals surface area contributed by atoms with Crippen LogP contribution >= 0.6 is 28.1 Å². The van der Waals surface area contributed by atoms with Gasteiger partial charge in [0.15, 0.2) is 5.11 Å². The van der Waals surface area contributed by atoms with Gasteiger partial charge in [-0.2, -0.15) is 0 Å². The molecule has 0 aliphatic carbocycles. The molecule has 0 saturated heterocycles. The first-order valence-corrected chi connectivity index (χ1v) is 9.63. The van der Waals surface area contributed by atoms with Crippen molar-refractivity contribution in [1.82, 2.24) is 10.6 Å². The zero-order valence-corrected chi connectivity index (χ0v) is 17.3. The number of carbonyl (C=O) groups is 1. The number of halogens is 1. The van der Waals surface area contributed by atoms with E-state index in [0.717, 1.165) is 15.6 Å². The molecule has 2 N–H and O–H groups in total. The van der Waals surface area contributed by atoms with E-state index in [2.05, 4.69) is 26.6 Å². The molecule has 0 radical (unpaired) electrons. The zero-order chi connectivity index (χ0) is 19.4. The third-order valence-electron chi connectivity index (χ3n) is 4.13. The van der Waals surface area contributed by atoms with Gasteiger partial charge in [-0.3, -0.25) is 0 Å². The van der Waals surface area contributed by atoms with Gasteiger partial charge in [-0.15, -0.1) is 0 Å². The smallest absolute Gasteiger partial charge is 0.338 e. The van der Waals surface area contributed by atoms with Gasteiger partial charge in [0.05, 0.1) is 31.0 Å². The van der Waals surface area contributed by atoms with Crippen LogP contribution < -0.4 is 15.4 Å². The predicted octanol–water partition coefficient (Wildman–Crippen LogP) is 3.95. The SMILES string of the molecule is CCOC(=O)C1=C(c2ccccc2)NC(=S)N[C@H]1c1cc(Br)ccc1OC. The van der Waals surface area contributed by atoms with Gasteiger partial charge in [0, 0.05) is 10.0 Å². The van der Waals surface area contributed by atoms with Crippen molar-refractivity contribution in [3.63, 3.8) is 0 Å². The summed E-state index contributed by atoms with van der Waals surface area (Å²) < 4.78 is 11.7. The number of ether oxygens (including phenoxy) is 2. The molecular weight excluding hydrogens is 428 g/mol. The predicted molar refractivity (Wildman–Crippen MR) is 112 cm³/mol. The fraction of sp³-hybridized carbons (Fsp3) is 0.200. The number of rotatable bonds is 5. The lowest BCUT2D eigenvalue weighted by Gasteiger charge is -2.32. The molecule has 3 rings (SSSR count). The Hall–Kier alpha value is -2.38. The average molecular weight is 447 g/mol. The molecule has 0 fully saturated rings. The van der Waals surface area contributed by atoms with Crippen LogP contribution in [0.15, 0.2) is 58.6 Å². The van der Waals surface area contributed by atoms with E-state index < -0.39 is 12.0 Å². The van der Waals surface area contributed by atoms with Gasteiger partial charge in [-0.1, -0.05) is 46.3 Å². The highest BCUT2D eigenvalue weighted by Gasteiger charge is 2.34. The largest absolute Gasteiger partial charge is 0.496 e. The van der Waals surface area contributed by atoms with Crippen LogP contribution in [-0.4, -0.2) is 24.8 Å². The molecule has 0 amide bonds. The van der Waals surface area contributed by atoms with Crippen LogP contribution in [0.1, 0.15) is 24.1 Å². The lowest BCUT2D eigenvalue weighted by Crippen LogP contribution is -2.45. The highest BCUT2D eigenvalue weighted by Crippen LogP contribution is 2.37. The number of carbonyl (C=O) groups excluding carboxylic acids is 1. The lowest BCUT2D eigenvalue weighted by molar-refractivity contribution is -0.138. The summed E-state index contributed by atoms with van der Waals surface area (Å²) in [7, 11) is 1.60. The summed E-state index contributed by atoms with van der Waals surface area (Å²) in [4.78, 5) is 12.9. The van der Waals surface area contributed by atoms with Crippen molar-refractivity contribution in [2.24, 2.45) is 0 Å². The van der Waals surface area contributed by atoms with Gasteiger partial charge in [-0.25, -0.2) is 4.79 Å². The second-order valence-corrected chi connectivity index (χ2v) is 7.12. The van der Waals surface area contributed by atoms with E-state index in [1.807, 2.05) is 48.5 Å². The van der Waals surface area contributed by atoms with Crippen molar-refractivity contribution in [1.29, 1.82) is 0 Å². The van der Waals surface area contributed by atoms with Crippen LogP contribution in [0, 0.1) is 0 Å². The Morgan fingerprint density at radius 3 is 2.63 bits per heavy atom. The number of benzene rings is 2. The number of esters is 1. The molecule has 7 heteroatoms. The minimum atomic E-state index is -0.513. The molecule has 0 saturated carbocycles. The number of thiocarbonyl (C=S) groups is 1. The monoisotopic (exact) mass is 446 g/mol. The van der Waals surface area contributed by atoms with E-state index in [0.29, 0.717) is 22.1 Å². The molecule has 2 aromatic carbocycles. The summed E-state index contributed by atoms with van der Waals surface area (Å²) >= 11 is 8.91. The molecule has 5 nitrogen and oxygen atoms in total. The summed E-state index contributed by atoms with van der Waals surface area (Å²) in [5.74, 6) is 0.237. The average Bonchev–Trinajstić information content (AvgIpc) is 2.68. The first kappa shape index (κ1) is 19.4. The van der Waals surface area contributed by atoms with Gasteiger partial charge < -0.3 is 20.1 Å². The maximum atomic E-state index is 12.9. The van der Waals surface area contributed by atoms with E-state index >= 15 is 0 Å². The van der Waals surface area contributed by atoms with Gasteiger partial charge in [0.1, 0.15) is 5.75 Å². The van der Waals surface area contributed by atoms with Crippen molar-refractivity contribution in [3.8, 4) is 5.75 Å². The summed E-state index contributed by atoms with van der Waals surface area (Å²) in [6, 6.07) is 14.7. The number of hydrogen-bond donors (Lipinski definition) is 2. The van der Waals surface area contributed by atoms with Crippen molar-refractivity contribution in [2.45, 2.75) is 13.0 Å². The fourth-order valence-corrected chi connectivity index (χ4v) is 3.59. The summed E-state index contributed by atoms with van der Waals surface area (Å²) in [6.07, 6.45) is 0. The molecule has 1 aliphatic rings. The Labute approximate surface area is 171 Å². The molecule has 140 valence electrons. The molecule has 1 aliphatic heterocycles. The second kappa shape index (κ2) is 8.54. The molecule has 2 aromatic rings. The Morgan fingerprint density at radius 2 is 1.96 bits per heavy atom. The van der Waals surface area contributed by atoms with E-state index in [4.69, 9.17) is 21.7 Å². The van der Waals surface area contributed by atoms with Crippen molar-refractivity contribution < 1.29 is 14.3 Å². The first-order valence-electron chi connectivity index (χ1n) is 8.42. The number of methoxy groups -OCH3 is 1. The van der Waals surface area contributed by atoms with Crippen molar-refractivity contribution in [2.75, 3.05) is 13.7 Å². The Morgan fingerprint density at radius 1 is 1.22 bits per heavy atom. The van der Waals surface area contributed by atoms with Crippen LogP contribution in [0.3, 0.4) is 0 Å². The number of nitrogens with one attached hydrogen (secondary N) is 2. The van der Waals surface area contributed by atoms with E-state index in [1.54, 1.807) is 14.0 Å². The highest BCUT2D eigenvalue weighted by atomic mass is 79.9. The quantitative estimate of drug-likeness (QED) is 0.535. The minimum Gasteiger partial charge on any atom is -0.496 e. The molecular formula is C20H19BrN2O3S. The first-order chi connectivity index (χ1) is 13.0.